The molecule has 0 aromatic carbocycles. The molecule has 0 heterocycles. The molecule has 1 atom stereocenters. The highest BCUT2D eigenvalue weighted by atomic mass is 16.6. The minimum absolute atomic E-state index is 0.0982. The number of unbranched alkanes of at least 4 members (excludes halogenated alkanes) is 24. The van der Waals surface area contributed by atoms with E-state index in [-0.39, 0.29) is 37.5 Å². The number of carbonyl (C=O) groups is 3. The molecule has 0 radical (unpaired) electrons. The van der Waals surface area contributed by atoms with Crippen LogP contribution in [0.5, 0.6) is 0 Å². The topological polar surface area (TPSA) is 78.9 Å². The fourth-order valence-electron chi connectivity index (χ4n) is 6.51. The number of hydrogen-bond acceptors (Lipinski definition) is 6. The number of hydrogen-bond donors (Lipinski definition) is 0. The second-order valence-electron chi connectivity index (χ2n) is 16.1. The zero-order chi connectivity index (χ0) is 42.3. The van der Waals surface area contributed by atoms with Gasteiger partial charge in [0, 0.05) is 19.3 Å². The van der Waals surface area contributed by atoms with Gasteiger partial charge >= 0.3 is 17.9 Å². The molecular weight excluding hydrogens is 721 g/mol. The smallest absolute Gasteiger partial charge is 0.306 e. The van der Waals surface area contributed by atoms with Gasteiger partial charge in [0.1, 0.15) is 13.2 Å². The van der Waals surface area contributed by atoms with Gasteiger partial charge in [0.15, 0.2) is 6.10 Å². The highest BCUT2D eigenvalue weighted by Crippen LogP contribution is 2.13. The summed E-state index contributed by atoms with van der Waals surface area (Å²) >= 11 is 0. The number of carbonyl (C=O) groups excluding carboxylic acids is 3. The average Bonchev–Trinajstić information content (AvgIpc) is 3.22. The van der Waals surface area contributed by atoms with E-state index in [2.05, 4.69) is 81.5 Å². The molecule has 0 spiro atoms. The molecule has 0 rings (SSSR count). The Kier molecular flexibility index (Phi) is 44.5. The van der Waals surface area contributed by atoms with E-state index in [1.807, 2.05) is 0 Å². The highest BCUT2D eigenvalue weighted by molar-refractivity contribution is 5.71. The Balaban J connectivity index is 4.38. The first-order valence-electron chi connectivity index (χ1n) is 24.3. The summed E-state index contributed by atoms with van der Waals surface area (Å²) in [7, 11) is 0. The van der Waals surface area contributed by atoms with E-state index in [0.29, 0.717) is 12.8 Å². The van der Waals surface area contributed by atoms with Crippen molar-refractivity contribution in [2.75, 3.05) is 13.2 Å². The normalized spacial score (nSPS) is 12.5. The summed E-state index contributed by atoms with van der Waals surface area (Å²) in [6, 6.07) is 0. The first-order valence-corrected chi connectivity index (χ1v) is 24.3. The summed E-state index contributed by atoms with van der Waals surface area (Å²) in [5, 5.41) is 0. The van der Waals surface area contributed by atoms with Crippen LogP contribution in [0.25, 0.3) is 0 Å². The maximum Gasteiger partial charge on any atom is 0.306 e. The second kappa shape index (κ2) is 46.8. The van der Waals surface area contributed by atoms with Crippen LogP contribution in [0.3, 0.4) is 0 Å². The van der Waals surface area contributed by atoms with E-state index in [0.717, 1.165) is 89.9 Å². The molecule has 6 heteroatoms. The van der Waals surface area contributed by atoms with Crippen molar-refractivity contribution in [2.24, 2.45) is 0 Å². The predicted octanol–water partition coefficient (Wildman–Crippen LogP) is 15.7. The first-order chi connectivity index (χ1) is 28.5. The SMILES string of the molecule is CCCC/C=C\C=C/CCCCCC(=O)OCC(COC(=O)CCCCCCC/C=C\CCCCCCCCCCC)OC(=O)CCCCC/C=C\C=C/CCCC. The van der Waals surface area contributed by atoms with Gasteiger partial charge in [-0.1, -0.05) is 191 Å². The van der Waals surface area contributed by atoms with Gasteiger partial charge in [-0.3, -0.25) is 14.4 Å². The van der Waals surface area contributed by atoms with Crippen LogP contribution in [0.15, 0.2) is 60.8 Å². The second-order valence-corrected chi connectivity index (χ2v) is 16.1. The molecule has 0 bridgehead atoms. The minimum atomic E-state index is -0.799. The van der Waals surface area contributed by atoms with Crippen molar-refractivity contribution < 1.29 is 28.6 Å². The third-order valence-corrected chi connectivity index (χ3v) is 10.3. The van der Waals surface area contributed by atoms with E-state index in [1.54, 1.807) is 0 Å². The number of allylic oxidation sites excluding steroid dienone is 10. The first kappa shape index (κ1) is 55.1. The van der Waals surface area contributed by atoms with Crippen LogP contribution >= 0.6 is 0 Å². The quantitative estimate of drug-likeness (QED) is 0.0201. The van der Waals surface area contributed by atoms with Gasteiger partial charge in [-0.15, -0.1) is 0 Å². The molecule has 0 saturated carbocycles. The highest BCUT2D eigenvalue weighted by Gasteiger charge is 2.19. The zero-order valence-electron chi connectivity index (χ0n) is 38.0. The van der Waals surface area contributed by atoms with E-state index >= 15 is 0 Å². The van der Waals surface area contributed by atoms with Crippen LogP contribution in [0.2, 0.25) is 0 Å². The lowest BCUT2D eigenvalue weighted by atomic mass is 10.1. The molecule has 0 fully saturated rings. The summed E-state index contributed by atoms with van der Waals surface area (Å²) in [4.78, 5) is 37.8. The van der Waals surface area contributed by atoms with Crippen molar-refractivity contribution in [3.05, 3.63) is 60.8 Å². The van der Waals surface area contributed by atoms with Gasteiger partial charge in [0.2, 0.25) is 0 Å². The summed E-state index contributed by atoms with van der Waals surface area (Å²) < 4.78 is 16.7. The summed E-state index contributed by atoms with van der Waals surface area (Å²) in [6.45, 7) is 6.47. The largest absolute Gasteiger partial charge is 0.462 e. The van der Waals surface area contributed by atoms with Gasteiger partial charge in [-0.25, -0.2) is 0 Å². The summed E-state index contributed by atoms with van der Waals surface area (Å²) in [5.74, 6) is -0.965. The van der Waals surface area contributed by atoms with Gasteiger partial charge in [-0.2, -0.15) is 0 Å². The number of rotatable bonds is 43. The standard InChI is InChI=1S/C52H90O6/c1-4-7-10-13-16-19-22-23-24-25-26-27-28-31-33-36-39-42-45-51(54)57-48-49(58-52(55)46-43-40-37-34-30-21-18-15-12-9-6-3)47-56-50(53)44-41-38-35-32-29-20-17-14-11-8-5-2/h14-15,17-18,20-21,26-27,29-30,49H,4-13,16,19,22-25,28,31-48H2,1-3H3/b17-14-,18-15-,27-26-,29-20-,30-21-. The predicted molar refractivity (Wildman–Crippen MR) is 247 cm³/mol. The number of ether oxygens (including phenoxy) is 3. The van der Waals surface area contributed by atoms with Gasteiger partial charge in [-0.05, 0) is 83.5 Å². The van der Waals surface area contributed by atoms with Gasteiger partial charge in [0.05, 0.1) is 0 Å². The fraction of sp³-hybridized carbons (Fsp3) is 0.750. The molecule has 0 aromatic heterocycles. The molecule has 6 nitrogen and oxygen atoms in total. The van der Waals surface area contributed by atoms with Gasteiger partial charge < -0.3 is 14.2 Å². The molecule has 58 heavy (non-hydrogen) atoms. The van der Waals surface area contributed by atoms with Crippen LogP contribution in [-0.2, 0) is 28.6 Å². The Morgan fingerprint density at radius 2 is 0.638 bits per heavy atom. The lowest BCUT2D eigenvalue weighted by Gasteiger charge is -2.18. The Bertz CT molecular complexity index is 1070. The zero-order valence-corrected chi connectivity index (χ0v) is 38.0. The summed E-state index contributed by atoms with van der Waals surface area (Å²) in [5.41, 5.74) is 0. The average molecular weight is 811 g/mol. The molecule has 0 amide bonds. The van der Waals surface area contributed by atoms with Crippen LogP contribution < -0.4 is 0 Å². The van der Waals surface area contributed by atoms with Crippen molar-refractivity contribution in [3.63, 3.8) is 0 Å². The van der Waals surface area contributed by atoms with E-state index in [4.69, 9.17) is 14.2 Å². The van der Waals surface area contributed by atoms with Crippen LogP contribution in [0, 0.1) is 0 Å². The lowest BCUT2D eigenvalue weighted by molar-refractivity contribution is -0.167. The molecule has 0 N–H and O–H groups in total. The molecule has 0 saturated heterocycles. The fourth-order valence-corrected chi connectivity index (χ4v) is 6.51. The van der Waals surface area contributed by atoms with Crippen molar-refractivity contribution >= 4 is 17.9 Å². The van der Waals surface area contributed by atoms with E-state index in [1.165, 1.54) is 103 Å². The minimum Gasteiger partial charge on any atom is -0.462 e. The van der Waals surface area contributed by atoms with Crippen LogP contribution in [-0.4, -0.2) is 37.2 Å². The Morgan fingerprint density at radius 3 is 1.03 bits per heavy atom. The Hall–Kier alpha value is -2.89. The Morgan fingerprint density at radius 1 is 0.345 bits per heavy atom. The van der Waals surface area contributed by atoms with Gasteiger partial charge in [0.25, 0.3) is 0 Å². The lowest BCUT2D eigenvalue weighted by Crippen LogP contribution is -2.30. The number of esters is 3. The third-order valence-electron chi connectivity index (χ3n) is 10.3. The molecule has 0 aliphatic carbocycles. The molecule has 1 unspecified atom stereocenters. The van der Waals surface area contributed by atoms with E-state index in [9.17, 15) is 14.4 Å². The molecule has 0 aromatic rings. The van der Waals surface area contributed by atoms with Crippen molar-refractivity contribution in [2.45, 2.75) is 239 Å². The van der Waals surface area contributed by atoms with E-state index < -0.39 is 6.10 Å². The van der Waals surface area contributed by atoms with Crippen molar-refractivity contribution in [3.8, 4) is 0 Å². The maximum absolute atomic E-state index is 12.7. The molecule has 0 aliphatic heterocycles. The Labute approximate surface area is 358 Å². The summed E-state index contributed by atoms with van der Waals surface area (Å²) in [6.07, 6.45) is 56.4. The molecule has 0 aliphatic rings. The van der Waals surface area contributed by atoms with Crippen molar-refractivity contribution in [1.29, 1.82) is 0 Å². The van der Waals surface area contributed by atoms with Crippen LogP contribution in [0.4, 0.5) is 0 Å². The monoisotopic (exact) mass is 811 g/mol. The van der Waals surface area contributed by atoms with Crippen molar-refractivity contribution in [1.82, 2.24) is 0 Å². The van der Waals surface area contributed by atoms with Crippen LogP contribution in [0.1, 0.15) is 233 Å². The third kappa shape index (κ3) is 44.2. The molecular formula is C52H90O6. The molecule has 334 valence electrons. The maximum atomic E-state index is 12.7.